The molecule has 0 radical (unpaired) electrons. The smallest absolute Gasteiger partial charge is 0.0945 e. The molecule has 2 heterocycles. The first-order valence-electron chi connectivity index (χ1n) is 5.32. The number of aryl methyl sites for hydroxylation is 1. The van der Waals surface area contributed by atoms with Crippen LogP contribution in [0.1, 0.15) is 6.42 Å². The van der Waals surface area contributed by atoms with Crippen molar-refractivity contribution in [1.82, 2.24) is 24.4 Å². The third-order valence-corrected chi connectivity index (χ3v) is 1.99. The highest BCUT2D eigenvalue weighted by molar-refractivity contribution is 4.73. The SMILES string of the molecule is CN(C)CCCn1ccnc1.c1c[nH]cn1. The Hall–Kier alpha value is -1.62. The van der Waals surface area contributed by atoms with Gasteiger partial charge in [0.25, 0.3) is 0 Å². The van der Waals surface area contributed by atoms with Crippen LogP contribution in [-0.2, 0) is 6.54 Å². The summed E-state index contributed by atoms with van der Waals surface area (Å²) in [5.74, 6) is 0. The van der Waals surface area contributed by atoms with Gasteiger partial charge in [-0.05, 0) is 27.1 Å². The summed E-state index contributed by atoms with van der Waals surface area (Å²) in [4.78, 5) is 12.6. The Bertz CT molecular complexity index is 308. The number of nitrogens with one attached hydrogen (secondary N) is 1. The van der Waals surface area contributed by atoms with Gasteiger partial charge in [0, 0.05) is 31.3 Å². The monoisotopic (exact) mass is 221 g/mol. The van der Waals surface area contributed by atoms with Gasteiger partial charge < -0.3 is 14.5 Å². The van der Waals surface area contributed by atoms with E-state index in [1.165, 1.54) is 6.42 Å². The van der Waals surface area contributed by atoms with E-state index in [1.807, 2.05) is 18.7 Å². The highest BCUT2D eigenvalue weighted by atomic mass is 15.1. The normalized spacial score (nSPS) is 9.94. The van der Waals surface area contributed by atoms with Crippen molar-refractivity contribution in [1.29, 1.82) is 0 Å². The lowest BCUT2D eigenvalue weighted by Gasteiger charge is -2.08. The molecule has 16 heavy (non-hydrogen) atoms. The van der Waals surface area contributed by atoms with Gasteiger partial charge in [0.2, 0.25) is 0 Å². The van der Waals surface area contributed by atoms with Crippen molar-refractivity contribution in [3.8, 4) is 0 Å². The van der Waals surface area contributed by atoms with Gasteiger partial charge in [-0.3, -0.25) is 0 Å². The molecule has 0 spiro atoms. The van der Waals surface area contributed by atoms with Gasteiger partial charge in [-0.25, -0.2) is 9.97 Å². The fourth-order valence-corrected chi connectivity index (χ4v) is 1.20. The lowest BCUT2D eigenvalue weighted by atomic mass is 10.4. The zero-order chi connectivity index (χ0) is 11.6. The maximum absolute atomic E-state index is 3.97. The molecule has 0 fully saturated rings. The van der Waals surface area contributed by atoms with Crippen LogP contribution in [0.3, 0.4) is 0 Å². The summed E-state index contributed by atoms with van der Waals surface area (Å²) in [5, 5.41) is 0. The van der Waals surface area contributed by atoms with E-state index in [9.17, 15) is 0 Å². The van der Waals surface area contributed by atoms with Crippen molar-refractivity contribution in [2.45, 2.75) is 13.0 Å². The van der Waals surface area contributed by atoms with Gasteiger partial charge in [0.05, 0.1) is 12.7 Å². The molecule has 1 N–H and O–H groups in total. The second-order valence-corrected chi connectivity index (χ2v) is 3.72. The first-order valence-corrected chi connectivity index (χ1v) is 5.32. The number of imidazole rings is 2. The summed E-state index contributed by atoms with van der Waals surface area (Å²) in [6, 6.07) is 0. The Morgan fingerprint density at radius 1 is 1.25 bits per heavy atom. The van der Waals surface area contributed by atoms with E-state index in [4.69, 9.17) is 0 Å². The molecule has 0 aliphatic heterocycles. The van der Waals surface area contributed by atoms with Gasteiger partial charge in [-0.15, -0.1) is 0 Å². The van der Waals surface area contributed by atoms with Crippen LogP contribution in [0.5, 0.6) is 0 Å². The highest BCUT2D eigenvalue weighted by Crippen LogP contribution is 1.90. The number of aromatic amines is 1. The summed E-state index contributed by atoms with van der Waals surface area (Å²) in [6.07, 6.45) is 11.9. The molecule has 0 aliphatic carbocycles. The quantitative estimate of drug-likeness (QED) is 0.845. The molecule has 88 valence electrons. The predicted octanol–water partition coefficient (Wildman–Crippen LogP) is 1.24. The van der Waals surface area contributed by atoms with Gasteiger partial charge >= 0.3 is 0 Å². The van der Waals surface area contributed by atoms with E-state index in [0.717, 1.165) is 13.1 Å². The van der Waals surface area contributed by atoms with Crippen molar-refractivity contribution in [2.75, 3.05) is 20.6 Å². The molecule has 0 unspecified atom stereocenters. The molecule has 0 saturated heterocycles. The van der Waals surface area contributed by atoms with Crippen molar-refractivity contribution in [2.24, 2.45) is 0 Å². The second kappa shape index (κ2) is 7.64. The average Bonchev–Trinajstić information content (AvgIpc) is 2.93. The van der Waals surface area contributed by atoms with Crippen LogP contribution in [-0.4, -0.2) is 45.1 Å². The largest absolute Gasteiger partial charge is 0.351 e. The molecule has 0 aromatic carbocycles. The minimum Gasteiger partial charge on any atom is -0.351 e. The maximum atomic E-state index is 3.97. The third kappa shape index (κ3) is 5.98. The van der Waals surface area contributed by atoms with Crippen LogP contribution in [0.4, 0.5) is 0 Å². The summed E-state index contributed by atoms with van der Waals surface area (Å²) in [6.45, 7) is 2.20. The molecule has 5 nitrogen and oxygen atoms in total. The Balaban J connectivity index is 0.000000212. The average molecular weight is 221 g/mol. The van der Waals surface area contributed by atoms with Crippen molar-refractivity contribution < 1.29 is 0 Å². The van der Waals surface area contributed by atoms with Crippen LogP contribution in [0.25, 0.3) is 0 Å². The van der Waals surface area contributed by atoms with E-state index in [2.05, 4.69) is 38.5 Å². The molecule has 0 bridgehead atoms. The van der Waals surface area contributed by atoms with Gasteiger partial charge in [-0.2, -0.15) is 0 Å². The third-order valence-electron chi connectivity index (χ3n) is 1.99. The lowest BCUT2D eigenvalue weighted by Crippen LogP contribution is -2.14. The van der Waals surface area contributed by atoms with Gasteiger partial charge in [0.1, 0.15) is 0 Å². The Kier molecular flexibility index (Phi) is 5.95. The Morgan fingerprint density at radius 3 is 2.56 bits per heavy atom. The molecule has 0 aliphatic rings. The molecular weight excluding hydrogens is 202 g/mol. The fraction of sp³-hybridized carbons (Fsp3) is 0.455. The number of hydrogen-bond acceptors (Lipinski definition) is 3. The van der Waals surface area contributed by atoms with Crippen LogP contribution in [0, 0.1) is 0 Å². The van der Waals surface area contributed by atoms with E-state index >= 15 is 0 Å². The zero-order valence-corrected chi connectivity index (χ0v) is 9.87. The first kappa shape index (κ1) is 12.4. The molecule has 0 saturated carbocycles. The predicted molar refractivity (Wildman–Crippen MR) is 64.0 cm³/mol. The van der Waals surface area contributed by atoms with Crippen LogP contribution in [0.2, 0.25) is 0 Å². The van der Waals surface area contributed by atoms with E-state index in [1.54, 1.807) is 18.7 Å². The molecular formula is C11H19N5. The summed E-state index contributed by atoms with van der Waals surface area (Å²) in [7, 11) is 4.18. The standard InChI is InChI=1S/C8H15N3.C3H4N2/c1-10(2)5-3-6-11-7-4-9-8-11;1-2-5-3-4-1/h4,7-8H,3,5-6H2,1-2H3;1-3H,(H,4,5). The number of aromatic nitrogens is 4. The zero-order valence-electron chi connectivity index (χ0n) is 9.87. The molecule has 2 rings (SSSR count). The van der Waals surface area contributed by atoms with Crippen molar-refractivity contribution >= 4 is 0 Å². The molecule has 0 atom stereocenters. The number of rotatable bonds is 4. The minimum atomic E-state index is 1.07. The Morgan fingerprint density at radius 2 is 2.12 bits per heavy atom. The van der Waals surface area contributed by atoms with Crippen LogP contribution >= 0.6 is 0 Å². The second-order valence-electron chi connectivity index (χ2n) is 3.72. The van der Waals surface area contributed by atoms with E-state index in [0.29, 0.717) is 0 Å². The number of nitrogens with zero attached hydrogens (tertiary/aromatic N) is 4. The molecule has 0 amide bonds. The molecule has 5 heteroatoms. The van der Waals surface area contributed by atoms with Gasteiger partial charge in [-0.1, -0.05) is 0 Å². The minimum absolute atomic E-state index is 1.07. The van der Waals surface area contributed by atoms with Crippen LogP contribution in [0.15, 0.2) is 37.4 Å². The topological polar surface area (TPSA) is 49.7 Å². The molecule has 2 aromatic rings. The summed E-state index contributed by atoms with van der Waals surface area (Å²) >= 11 is 0. The van der Waals surface area contributed by atoms with Crippen LogP contribution < -0.4 is 0 Å². The summed E-state index contributed by atoms with van der Waals surface area (Å²) < 4.78 is 2.10. The summed E-state index contributed by atoms with van der Waals surface area (Å²) in [5.41, 5.74) is 0. The van der Waals surface area contributed by atoms with E-state index < -0.39 is 0 Å². The fourth-order valence-electron chi connectivity index (χ4n) is 1.20. The number of hydrogen-bond donors (Lipinski definition) is 1. The van der Waals surface area contributed by atoms with Gasteiger partial charge in [0.15, 0.2) is 0 Å². The van der Waals surface area contributed by atoms with E-state index in [-0.39, 0.29) is 0 Å². The highest BCUT2D eigenvalue weighted by Gasteiger charge is 1.91. The Labute approximate surface area is 96.1 Å². The van der Waals surface area contributed by atoms with Crippen molar-refractivity contribution in [3.05, 3.63) is 37.4 Å². The number of H-pyrrole nitrogens is 1. The lowest BCUT2D eigenvalue weighted by molar-refractivity contribution is 0.386. The maximum Gasteiger partial charge on any atom is 0.0945 e. The first-order chi connectivity index (χ1) is 7.79. The van der Waals surface area contributed by atoms with Crippen molar-refractivity contribution in [3.63, 3.8) is 0 Å². The molecule has 2 aromatic heterocycles.